The number of Topliss-reactive ketones (excluding diaryl/α,β-unsaturated/α-hetero) is 1. The molecule has 2 N–H and O–H groups in total. The zero-order chi connectivity index (χ0) is 21.5. The molecule has 0 unspecified atom stereocenters. The number of aromatic nitrogens is 1. The molecule has 6 heteroatoms. The first-order valence-corrected chi connectivity index (χ1v) is 10.5. The van der Waals surface area contributed by atoms with Crippen LogP contribution in [0.25, 0.3) is 0 Å². The molecule has 5 nitrogen and oxygen atoms in total. The van der Waals surface area contributed by atoms with Gasteiger partial charge in [-0.1, -0.05) is 38.8 Å². The predicted octanol–water partition coefficient (Wildman–Crippen LogP) is 3.91. The van der Waals surface area contributed by atoms with E-state index in [1.54, 1.807) is 12.1 Å². The van der Waals surface area contributed by atoms with Crippen molar-refractivity contribution in [1.82, 2.24) is 10.3 Å². The average Bonchev–Trinajstić information content (AvgIpc) is 3.15. The monoisotopic (exact) mass is 410 g/mol. The van der Waals surface area contributed by atoms with Gasteiger partial charge in [0.1, 0.15) is 11.4 Å². The van der Waals surface area contributed by atoms with Crippen LogP contribution in [0.4, 0.5) is 4.39 Å². The number of amides is 1. The summed E-state index contributed by atoms with van der Waals surface area (Å²) in [6.45, 7) is 4.35. The molecule has 1 saturated carbocycles. The Morgan fingerprint density at radius 1 is 1.10 bits per heavy atom. The van der Waals surface area contributed by atoms with Gasteiger partial charge in [-0.2, -0.15) is 0 Å². The lowest BCUT2D eigenvalue weighted by Crippen LogP contribution is -2.41. The number of pyridine rings is 1. The van der Waals surface area contributed by atoms with E-state index in [9.17, 15) is 18.8 Å². The lowest BCUT2D eigenvalue weighted by atomic mass is 9.75. The molecule has 158 valence electrons. The summed E-state index contributed by atoms with van der Waals surface area (Å²) in [5.41, 5.74) is 1.07. The van der Waals surface area contributed by atoms with Crippen molar-refractivity contribution in [3.8, 4) is 0 Å². The number of H-pyrrole nitrogens is 1. The van der Waals surface area contributed by atoms with Gasteiger partial charge in [0.25, 0.3) is 11.5 Å². The first kappa shape index (κ1) is 20.5. The fourth-order valence-electron chi connectivity index (χ4n) is 4.96. The van der Waals surface area contributed by atoms with Crippen LogP contribution in [0.3, 0.4) is 0 Å². The summed E-state index contributed by atoms with van der Waals surface area (Å²) < 4.78 is 13.4. The van der Waals surface area contributed by atoms with Crippen molar-refractivity contribution in [2.75, 3.05) is 6.54 Å². The molecule has 1 aromatic carbocycles. The van der Waals surface area contributed by atoms with Crippen molar-refractivity contribution in [3.63, 3.8) is 0 Å². The molecule has 2 aromatic rings. The number of aromatic amines is 1. The molecule has 1 aromatic heterocycles. The molecule has 1 heterocycles. The smallest absolute Gasteiger partial charge is 0.261 e. The molecule has 2 aliphatic carbocycles. The molecule has 0 atom stereocenters. The Hall–Kier alpha value is -2.76. The lowest BCUT2D eigenvalue weighted by Gasteiger charge is -2.31. The third-order valence-electron chi connectivity index (χ3n) is 6.57. The fourth-order valence-corrected chi connectivity index (χ4v) is 4.96. The second kappa shape index (κ2) is 7.49. The summed E-state index contributed by atoms with van der Waals surface area (Å²) in [5.74, 6) is -0.820. The summed E-state index contributed by atoms with van der Waals surface area (Å²) in [5, 5.41) is 2.91. The van der Waals surface area contributed by atoms with Gasteiger partial charge in [0.05, 0.1) is 0 Å². The highest BCUT2D eigenvalue weighted by atomic mass is 19.1. The van der Waals surface area contributed by atoms with Crippen molar-refractivity contribution in [3.05, 3.63) is 68.9 Å². The minimum absolute atomic E-state index is 0.0333. The standard InChI is InChI=1S/C24H27FN2O3/c1-23(2)12-19-17(20(28)13-23)11-18(22(30)27-19)21(29)26-14-24(9-3-4-10-24)15-5-7-16(25)8-6-15/h5-8,11H,3-4,9-10,12-14H2,1-2H3,(H,26,29)(H,27,30). The topological polar surface area (TPSA) is 79.0 Å². The van der Waals surface area contributed by atoms with Gasteiger partial charge in [-0.05, 0) is 48.4 Å². The molecule has 0 aliphatic heterocycles. The molecule has 2 aliphatic rings. The maximum absolute atomic E-state index is 13.4. The third-order valence-corrected chi connectivity index (χ3v) is 6.57. The van der Waals surface area contributed by atoms with E-state index in [1.807, 2.05) is 13.8 Å². The van der Waals surface area contributed by atoms with Crippen LogP contribution in [-0.2, 0) is 11.8 Å². The van der Waals surface area contributed by atoms with Gasteiger partial charge in [0.15, 0.2) is 5.78 Å². The van der Waals surface area contributed by atoms with E-state index in [2.05, 4.69) is 10.3 Å². The fraction of sp³-hybridized carbons (Fsp3) is 0.458. The third kappa shape index (κ3) is 3.83. The van der Waals surface area contributed by atoms with Crippen LogP contribution in [0, 0.1) is 11.2 Å². The zero-order valence-electron chi connectivity index (χ0n) is 17.4. The number of rotatable bonds is 4. The minimum atomic E-state index is -0.481. The van der Waals surface area contributed by atoms with E-state index in [1.165, 1.54) is 18.2 Å². The normalized spacial score (nSPS) is 19.4. The second-order valence-electron chi connectivity index (χ2n) is 9.52. The molecule has 0 spiro atoms. The first-order valence-electron chi connectivity index (χ1n) is 10.5. The Morgan fingerprint density at radius 3 is 2.43 bits per heavy atom. The van der Waals surface area contributed by atoms with Crippen LogP contribution < -0.4 is 10.9 Å². The highest BCUT2D eigenvalue weighted by Crippen LogP contribution is 2.40. The van der Waals surface area contributed by atoms with E-state index in [0.717, 1.165) is 31.2 Å². The lowest BCUT2D eigenvalue weighted by molar-refractivity contribution is 0.0910. The number of carbonyl (C=O) groups is 2. The van der Waals surface area contributed by atoms with Gasteiger partial charge in [-0.15, -0.1) is 0 Å². The molecule has 4 rings (SSSR count). The number of hydrogen-bond acceptors (Lipinski definition) is 3. The Balaban J connectivity index is 1.57. The van der Waals surface area contributed by atoms with Crippen LogP contribution in [0.2, 0.25) is 0 Å². The number of benzene rings is 1. The van der Waals surface area contributed by atoms with Crippen LogP contribution in [0.5, 0.6) is 0 Å². The van der Waals surface area contributed by atoms with E-state index < -0.39 is 11.5 Å². The predicted molar refractivity (Wildman–Crippen MR) is 112 cm³/mol. The summed E-state index contributed by atoms with van der Waals surface area (Å²) in [6.07, 6.45) is 4.85. The van der Waals surface area contributed by atoms with Crippen LogP contribution in [0.15, 0.2) is 35.1 Å². The molecule has 30 heavy (non-hydrogen) atoms. The highest BCUT2D eigenvalue weighted by molar-refractivity contribution is 6.02. The second-order valence-corrected chi connectivity index (χ2v) is 9.52. The summed E-state index contributed by atoms with van der Waals surface area (Å²) in [4.78, 5) is 40.7. The summed E-state index contributed by atoms with van der Waals surface area (Å²) >= 11 is 0. The molecule has 1 fully saturated rings. The molecule has 0 saturated heterocycles. The summed E-state index contributed by atoms with van der Waals surface area (Å²) in [6, 6.07) is 7.88. The van der Waals surface area contributed by atoms with E-state index in [0.29, 0.717) is 30.6 Å². The van der Waals surface area contributed by atoms with E-state index >= 15 is 0 Å². The molecule has 0 bridgehead atoms. The summed E-state index contributed by atoms with van der Waals surface area (Å²) in [7, 11) is 0. The highest BCUT2D eigenvalue weighted by Gasteiger charge is 2.37. The van der Waals surface area contributed by atoms with Gasteiger partial charge in [-0.25, -0.2) is 4.39 Å². The van der Waals surface area contributed by atoms with Crippen molar-refractivity contribution in [1.29, 1.82) is 0 Å². The average molecular weight is 410 g/mol. The van der Waals surface area contributed by atoms with Crippen molar-refractivity contribution < 1.29 is 14.0 Å². The number of hydrogen-bond donors (Lipinski definition) is 2. The van der Waals surface area contributed by atoms with Gasteiger partial charge < -0.3 is 10.3 Å². The van der Waals surface area contributed by atoms with Crippen LogP contribution in [0.1, 0.15) is 77.9 Å². The SMILES string of the molecule is CC1(C)CC(=O)c2cc(C(=O)NCC3(c4ccc(F)cc4)CCCC3)c(=O)[nH]c2C1. The Morgan fingerprint density at radius 2 is 1.77 bits per heavy atom. The molecule has 0 radical (unpaired) electrons. The largest absolute Gasteiger partial charge is 0.351 e. The Kier molecular flexibility index (Phi) is 5.12. The number of carbonyl (C=O) groups excluding carboxylic acids is 2. The van der Waals surface area contributed by atoms with Gasteiger partial charge in [0, 0.05) is 29.6 Å². The number of nitrogens with one attached hydrogen (secondary N) is 2. The van der Waals surface area contributed by atoms with E-state index in [-0.39, 0.29) is 28.0 Å². The van der Waals surface area contributed by atoms with Gasteiger partial charge in [0.2, 0.25) is 0 Å². The Labute approximate surface area is 175 Å². The van der Waals surface area contributed by atoms with Gasteiger partial charge in [-0.3, -0.25) is 14.4 Å². The maximum atomic E-state index is 13.4. The van der Waals surface area contributed by atoms with E-state index in [4.69, 9.17) is 0 Å². The quantitative estimate of drug-likeness (QED) is 0.802. The van der Waals surface area contributed by atoms with Crippen LogP contribution in [-0.4, -0.2) is 23.2 Å². The van der Waals surface area contributed by atoms with Crippen LogP contribution >= 0.6 is 0 Å². The number of ketones is 1. The molecular formula is C24H27FN2O3. The van der Waals surface area contributed by atoms with Crippen molar-refractivity contribution in [2.45, 2.75) is 57.8 Å². The first-order chi connectivity index (χ1) is 14.2. The van der Waals surface area contributed by atoms with Crippen molar-refractivity contribution >= 4 is 11.7 Å². The number of halogens is 1. The minimum Gasteiger partial charge on any atom is -0.351 e. The maximum Gasteiger partial charge on any atom is 0.261 e. The molecular weight excluding hydrogens is 383 g/mol. The van der Waals surface area contributed by atoms with Gasteiger partial charge >= 0.3 is 0 Å². The number of fused-ring (bicyclic) bond motifs is 1. The molecule has 1 amide bonds. The zero-order valence-corrected chi connectivity index (χ0v) is 17.4. The van der Waals surface area contributed by atoms with Crippen molar-refractivity contribution in [2.24, 2.45) is 5.41 Å². The Bertz CT molecular complexity index is 1050.